The van der Waals surface area contributed by atoms with Crippen molar-refractivity contribution >= 4 is 33.1 Å². The van der Waals surface area contributed by atoms with Crippen LogP contribution in [-0.4, -0.2) is 24.8 Å². The molecule has 0 spiro atoms. The Labute approximate surface area is 217 Å². The molecule has 0 bridgehead atoms. The molecule has 0 aliphatic heterocycles. The maximum absolute atomic E-state index is 13.4. The van der Waals surface area contributed by atoms with E-state index in [-0.39, 0.29) is 23.4 Å². The number of carbonyl (C=O) groups excluding carboxylic acids is 1. The van der Waals surface area contributed by atoms with Crippen molar-refractivity contribution in [3.05, 3.63) is 98.3 Å². The second kappa shape index (κ2) is 9.67. The van der Waals surface area contributed by atoms with Gasteiger partial charge >= 0.3 is 0 Å². The van der Waals surface area contributed by atoms with Crippen LogP contribution < -0.4 is 16.4 Å². The summed E-state index contributed by atoms with van der Waals surface area (Å²) in [6, 6.07) is 17.3. The highest BCUT2D eigenvalue weighted by atomic mass is 32.1. The van der Waals surface area contributed by atoms with E-state index in [1.54, 1.807) is 18.7 Å². The molecule has 37 heavy (non-hydrogen) atoms. The highest BCUT2D eigenvalue weighted by Gasteiger charge is 2.20. The van der Waals surface area contributed by atoms with E-state index >= 15 is 0 Å². The summed E-state index contributed by atoms with van der Waals surface area (Å²) < 4.78 is 4.46. The van der Waals surface area contributed by atoms with Gasteiger partial charge in [-0.1, -0.05) is 56.3 Å². The quantitative estimate of drug-likeness (QED) is 0.357. The number of thiophene rings is 1. The predicted molar refractivity (Wildman–Crippen MR) is 148 cm³/mol. The number of carbonyl (C=O) groups is 1. The molecule has 2 aromatic carbocycles. The van der Waals surface area contributed by atoms with Crippen molar-refractivity contribution in [3.8, 4) is 16.8 Å². The molecule has 5 aromatic rings. The van der Waals surface area contributed by atoms with Crippen LogP contribution in [0.3, 0.4) is 0 Å². The minimum Gasteiger partial charge on any atom is -0.318 e. The van der Waals surface area contributed by atoms with Crippen molar-refractivity contribution in [2.75, 3.05) is 5.32 Å². The van der Waals surface area contributed by atoms with Gasteiger partial charge in [-0.2, -0.15) is 0 Å². The van der Waals surface area contributed by atoms with Gasteiger partial charge in [-0.25, -0.2) is 9.67 Å². The van der Waals surface area contributed by atoms with Gasteiger partial charge in [0.25, 0.3) is 11.1 Å². The second-order valence-corrected chi connectivity index (χ2v) is 10.1. The van der Waals surface area contributed by atoms with E-state index in [9.17, 15) is 14.4 Å². The fourth-order valence-electron chi connectivity index (χ4n) is 4.39. The number of hydrogen-bond acceptors (Lipinski definition) is 5. The van der Waals surface area contributed by atoms with Gasteiger partial charge in [-0.3, -0.25) is 23.6 Å². The van der Waals surface area contributed by atoms with Crippen LogP contribution in [0.25, 0.3) is 27.0 Å². The third-order valence-corrected chi connectivity index (χ3v) is 7.47. The van der Waals surface area contributed by atoms with Gasteiger partial charge in [0.2, 0.25) is 5.91 Å². The lowest BCUT2D eigenvalue weighted by atomic mass is 9.99. The number of fused-ring (bicyclic) bond motifs is 1. The molecule has 0 aliphatic carbocycles. The summed E-state index contributed by atoms with van der Waals surface area (Å²) in [5.41, 5.74) is 3.79. The summed E-state index contributed by atoms with van der Waals surface area (Å²) in [5.74, 6) is -0.0666. The Morgan fingerprint density at radius 3 is 2.41 bits per heavy atom. The van der Waals surface area contributed by atoms with Crippen molar-refractivity contribution in [2.45, 2.75) is 33.2 Å². The lowest BCUT2D eigenvalue weighted by Gasteiger charge is -2.08. The fraction of sp³-hybridized carbons (Fsp3) is 0.214. The molecule has 0 aliphatic rings. The van der Waals surface area contributed by atoms with Gasteiger partial charge < -0.3 is 5.32 Å². The zero-order valence-corrected chi connectivity index (χ0v) is 21.9. The van der Waals surface area contributed by atoms with Gasteiger partial charge in [-0.05, 0) is 36.1 Å². The maximum atomic E-state index is 13.4. The first-order chi connectivity index (χ1) is 17.8. The number of aromatic nitrogens is 4. The first kappa shape index (κ1) is 24.5. The van der Waals surface area contributed by atoms with Crippen LogP contribution in [0.5, 0.6) is 0 Å². The van der Waals surface area contributed by atoms with Crippen molar-refractivity contribution in [1.82, 2.24) is 18.9 Å². The monoisotopic (exact) mass is 513 g/mol. The minimum atomic E-state index is -0.479. The van der Waals surface area contributed by atoms with Crippen molar-refractivity contribution < 1.29 is 4.79 Å². The first-order valence-electron chi connectivity index (χ1n) is 12.0. The Kier molecular flexibility index (Phi) is 6.39. The van der Waals surface area contributed by atoms with Gasteiger partial charge in [0.1, 0.15) is 17.1 Å². The van der Waals surface area contributed by atoms with Gasteiger partial charge in [-0.15, -0.1) is 11.3 Å². The van der Waals surface area contributed by atoms with E-state index in [2.05, 4.69) is 36.3 Å². The summed E-state index contributed by atoms with van der Waals surface area (Å²) in [6.07, 6.45) is 1.38. The predicted octanol–water partition coefficient (Wildman–Crippen LogP) is 4.68. The Bertz CT molecular complexity index is 1720. The Hall–Kier alpha value is -4.24. The number of hydrogen-bond donors (Lipinski definition) is 1. The lowest BCUT2D eigenvalue weighted by Crippen LogP contribution is -2.29. The molecule has 9 heteroatoms. The standard InChI is InChI=1S/C28H27N5O3S/c1-17(2)19-10-12-20(13-11-19)22-15-37-26-24(22)27(35)32(16-29-26)14-23(34)30-25-18(3)31(4)33(28(25)36)21-8-6-5-7-9-21/h5-13,15-17H,14H2,1-4H3,(H,30,34). The number of para-hydroxylation sites is 1. The molecule has 0 radical (unpaired) electrons. The number of rotatable bonds is 6. The van der Waals surface area contributed by atoms with Crippen LogP contribution in [-0.2, 0) is 18.4 Å². The van der Waals surface area contributed by atoms with Crippen molar-refractivity contribution in [1.29, 1.82) is 0 Å². The molecule has 0 atom stereocenters. The van der Waals surface area contributed by atoms with Crippen molar-refractivity contribution in [3.63, 3.8) is 0 Å². The number of nitrogens with zero attached hydrogens (tertiary/aromatic N) is 4. The van der Waals surface area contributed by atoms with Crippen molar-refractivity contribution in [2.24, 2.45) is 7.05 Å². The molecule has 0 saturated heterocycles. The van der Waals surface area contributed by atoms with Gasteiger partial charge in [0.05, 0.1) is 23.1 Å². The zero-order valence-electron chi connectivity index (χ0n) is 21.1. The minimum absolute atomic E-state index is 0.180. The summed E-state index contributed by atoms with van der Waals surface area (Å²) in [4.78, 5) is 44.5. The molecule has 1 amide bonds. The highest BCUT2D eigenvalue weighted by molar-refractivity contribution is 7.17. The van der Waals surface area contributed by atoms with E-state index in [0.717, 1.165) is 11.1 Å². The Morgan fingerprint density at radius 1 is 1.03 bits per heavy atom. The average molecular weight is 514 g/mol. The highest BCUT2D eigenvalue weighted by Crippen LogP contribution is 2.31. The molecule has 0 saturated carbocycles. The van der Waals surface area contributed by atoms with Gasteiger partial charge in [0.15, 0.2) is 0 Å². The normalized spacial score (nSPS) is 11.4. The second-order valence-electron chi connectivity index (χ2n) is 9.27. The molecule has 0 fully saturated rings. The summed E-state index contributed by atoms with van der Waals surface area (Å²) in [7, 11) is 1.76. The van der Waals surface area contributed by atoms with Crippen LogP contribution in [0.15, 0.2) is 75.9 Å². The number of amides is 1. The van der Waals surface area contributed by atoms with Crippen LogP contribution in [0.2, 0.25) is 0 Å². The van der Waals surface area contributed by atoms with Crippen LogP contribution >= 0.6 is 11.3 Å². The SMILES string of the molecule is Cc1c(NC(=O)Cn2cnc3scc(-c4ccc(C(C)C)cc4)c3c2=O)c(=O)n(-c2ccccc2)n1C. The third-order valence-electron chi connectivity index (χ3n) is 6.58. The summed E-state index contributed by atoms with van der Waals surface area (Å²) in [5, 5.41) is 5.12. The molecular weight excluding hydrogens is 486 g/mol. The van der Waals surface area contributed by atoms with Gasteiger partial charge in [0, 0.05) is 18.0 Å². The number of nitrogens with one attached hydrogen (secondary N) is 1. The van der Waals surface area contributed by atoms with Crippen LogP contribution in [0.1, 0.15) is 31.0 Å². The fourth-order valence-corrected chi connectivity index (χ4v) is 5.29. The molecular formula is C28H27N5O3S. The first-order valence-corrected chi connectivity index (χ1v) is 12.8. The van der Waals surface area contributed by atoms with E-state index in [1.165, 1.54) is 32.5 Å². The molecule has 5 rings (SSSR count). The third kappa shape index (κ3) is 4.42. The van der Waals surface area contributed by atoms with Crippen LogP contribution in [0.4, 0.5) is 5.69 Å². The van der Waals surface area contributed by atoms with E-state index < -0.39 is 5.91 Å². The largest absolute Gasteiger partial charge is 0.318 e. The maximum Gasteiger partial charge on any atom is 0.295 e. The number of benzene rings is 2. The topological polar surface area (TPSA) is 90.9 Å². The van der Waals surface area contributed by atoms with Crippen LogP contribution in [0, 0.1) is 6.92 Å². The van der Waals surface area contributed by atoms with E-state index in [0.29, 0.717) is 27.5 Å². The molecule has 3 aromatic heterocycles. The zero-order chi connectivity index (χ0) is 26.3. The molecule has 0 unspecified atom stereocenters. The molecule has 3 heterocycles. The number of anilines is 1. The Balaban J connectivity index is 1.44. The molecule has 1 N–H and O–H groups in total. The Morgan fingerprint density at radius 2 is 1.73 bits per heavy atom. The molecule has 8 nitrogen and oxygen atoms in total. The average Bonchev–Trinajstić information content (AvgIpc) is 3.42. The summed E-state index contributed by atoms with van der Waals surface area (Å²) in [6.45, 7) is 5.77. The van der Waals surface area contributed by atoms with E-state index in [4.69, 9.17) is 0 Å². The van der Waals surface area contributed by atoms with E-state index in [1.807, 2.05) is 47.8 Å². The summed E-state index contributed by atoms with van der Waals surface area (Å²) >= 11 is 1.40. The molecule has 188 valence electrons. The lowest BCUT2D eigenvalue weighted by molar-refractivity contribution is -0.116. The smallest absolute Gasteiger partial charge is 0.295 e.